The van der Waals surface area contributed by atoms with Crippen LogP contribution in [0.15, 0.2) is 18.2 Å². The summed E-state index contributed by atoms with van der Waals surface area (Å²) in [5, 5.41) is 10.2. The number of carbonyl (C=O) groups excluding carboxylic acids is 2. The van der Waals surface area contributed by atoms with Gasteiger partial charge in [0.1, 0.15) is 28.9 Å². The summed E-state index contributed by atoms with van der Waals surface area (Å²) in [6, 6.07) is 1.48. The normalized spacial score (nSPS) is 17.5. The topological polar surface area (TPSA) is 72.8 Å². The fourth-order valence-corrected chi connectivity index (χ4v) is 2.17. The van der Waals surface area contributed by atoms with Crippen molar-refractivity contribution in [1.82, 2.24) is 0 Å². The molecule has 5 heteroatoms. The van der Waals surface area contributed by atoms with Crippen molar-refractivity contribution in [3.05, 3.63) is 29.3 Å². The third kappa shape index (κ3) is 3.07. The largest absolute Gasteiger partial charge is 0.507 e. The fourth-order valence-electron chi connectivity index (χ4n) is 2.17. The lowest BCUT2D eigenvalue weighted by Gasteiger charge is -2.24. The molecule has 5 nitrogen and oxygen atoms in total. The van der Waals surface area contributed by atoms with Gasteiger partial charge in [0.2, 0.25) is 0 Å². The Kier molecular flexibility index (Phi) is 4.31. The van der Waals surface area contributed by atoms with Crippen LogP contribution >= 0.6 is 0 Å². The van der Waals surface area contributed by atoms with Gasteiger partial charge >= 0.3 is 5.97 Å². The Bertz CT molecular complexity index is 616. The Labute approximate surface area is 123 Å². The Morgan fingerprint density at radius 1 is 1.57 bits per heavy atom. The van der Waals surface area contributed by atoms with Gasteiger partial charge in [0.05, 0.1) is 0 Å². The molecule has 0 radical (unpaired) electrons. The predicted molar refractivity (Wildman–Crippen MR) is 76.9 cm³/mol. The number of hydrogen-bond acceptors (Lipinski definition) is 5. The number of Topliss-reactive ketones (excluding diaryl/α,β-unsaturated/α-hetero) is 1. The first-order valence-corrected chi connectivity index (χ1v) is 6.88. The van der Waals surface area contributed by atoms with Crippen LogP contribution in [0.3, 0.4) is 0 Å². The molecule has 1 unspecified atom stereocenters. The van der Waals surface area contributed by atoms with Crippen LogP contribution in [-0.2, 0) is 4.79 Å². The highest BCUT2D eigenvalue weighted by Crippen LogP contribution is 2.41. The Hall–Kier alpha value is -2.30. The molecule has 0 amide bonds. The van der Waals surface area contributed by atoms with Crippen LogP contribution in [0.2, 0.25) is 0 Å². The van der Waals surface area contributed by atoms with Gasteiger partial charge in [0.25, 0.3) is 0 Å². The minimum atomic E-state index is -0.533. The zero-order valence-electron chi connectivity index (χ0n) is 12.3. The second-order valence-electron chi connectivity index (χ2n) is 5.01. The Balaban J connectivity index is 2.39. The molecule has 0 bridgehead atoms. The second-order valence-corrected chi connectivity index (χ2v) is 5.01. The number of hydrogen-bond donors (Lipinski definition) is 1. The molecule has 1 N–H and O–H groups in total. The molecular weight excluding hydrogens is 272 g/mol. The molecule has 1 heterocycles. The Morgan fingerprint density at radius 3 is 2.95 bits per heavy atom. The van der Waals surface area contributed by atoms with E-state index in [0.29, 0.717) is 5.56 Å². The van der Waals surface area contributed by atoms with E-state index in [1.807, 2.05) is 6.92 Å². The summed E-state index contributed by atoms with van der Waals surface area (Å²) in [5.41, 5.74) is 0.507. The number of allylic oxidation sites excluding steroid dienone is 1. The number of ether oxygens (including phenoxy) is 2. The molecule has 2 rings (SSSR count). The van der Waals surface area contributed by atoms with Crippen LogP contribution < -0.4 is 9.47 Å². The average molecular weight is 290 g/mol. The first-order valence-electron chi connectivity index (χ1n) is 6.88. The van der Waals surface area contributed by atoms with Crippen LogP contribution in [0, 0.1) is 6.92 Å². The molecule has 0 spiro atoms. The molecule has 1 aromatic rings. The maximum absolute atomic E-state index is 12.0. The van der Waals surface area contributed by atoms with Gasteiger partial charge in [-0.1, -0.05) is 13.0 Å². The summed E-state index contributed by atoms with van der Waals surface area (Å²) in [4.78, 5) is 23.6. The zero-order chi connectivity index (χ0) is 15.6. The van der Waals surface area contributed by atoms with Crippen molar-refractivity contribution in [3.63, 3.8) is 0 Å². The minimum absolute atomic E-state index is 0.162. The molecule has 1 aliphatic heterocycles. The number of fused-ring (bicyclic) bond motifs is 1. The van der Waals surface area contributed by atoms with Gasteiger partial charge in [-0.15, -0.1) is 0 Å². The molecule has 1 aromatic carbocycles. The molecule has 0 saturated carbocycles. The highest BCUT2D eigenvalue weighted by Gasteiger charge is 2.29. The summed E-state index contributed by atoms with van der Waals surface area (Å²) < 4.78 is 10.7. The van der Waals surface area contributed by atoms with Crippen molar-refractivity contribution in [2.75, 3.05) is 0 Å². The zero-order valence-corrected chi connectivity index (χ0v) is 12.3. The number of phenolic OH excluding ortho intramolecular Hbond substituents is 1. The van der Waals surface area contributed by atoms with Crippen molar-refractivity contribution in [2.45, 2.75) is 39.7 Å². The van der Waals surface area contributed by atoms with Gasteiger partial charge in [0.15, 0.2) is 5.78 Å². The quantitative estimate of drug-likeness (QED) is 0.526. The van der Waals surface area contributed by atoms with Crippen LogP contribution in [-0.4, -0.2) is 23.0 Å². The van der Waals surface area contributed by atoms with Gasteiger partial charge in [-0.05, 0) is 20.3 Å². The third-order valence-corrected chi connectivity index (χ3v) is 3.25. The van der Waals surface area contributed by atoms with E-state index in [1.54, 1.807) is 19.9 Å². The SMILES string of the molecule is CC/C=C/C(=O)Oc1cc2c(c(O)c1C)C(=O)CC(C)O2. The summed E-state index contributed by atoms with van der Waals surface area (Å²) >= 11 is 0. The fraction of sp³-hybridized carbons (Fsp3) is 0.375. The highest BCUT2D eigenvalue weighted by atomic mass is 16.5. The number of benzene rings is 1. The van der Waals surface area contributed by atoms with Gasteiger partial charge in [0, 0.05) is 24.1 Å². The lowest BCUT2D eigenvalue weighted by Crippen LogP contribution is -2.24. The first kappa shape index (κ1) is 15.1. The van der Waals surface area contributed by atoms with Crippen molar-refractivity contribution in [1.29, 1.82) is 0 Å². The average Bonchev–Trinajstić information content (AvgIpc) is 2.41. The molecule has 21 heavy (non-hydrogen) atoms. The highest BCUT2D eigenvalue weighted by molar-refractivity contribution is 6.03. The number of aromatic hydroxyl groups is 1. The molecule has 0 aliphatic carbocycles. The molecular formula is C16H18O5. The van der Waals surface area contributed by atoms with Gasteiger partial charge in [-0.2, -0.15) is 0 Å². The van der Waals surface area contributed by atoms with Crippen molar-refractivity contribution >= 4 is 11.8 Å². The number of carbonyl (C=O) groups is 2. The summed E-state index contributed by atoms with van der Waals surface area (Å²) in [7, 11) is 0. The smallest absolute Gasteiger partial charge is 0.335 e. The van der Waals surface area contributed by atoms with Gasteiger partial charge in [-0.3, -0.25) is 4.79 Å². The first-order chi connectivity index (χ1) is 9.93. The third-order valence-electron chi connectivity index (χ3n) is 3.25. The van der Waals surface area contributed by atoms with E-state index in [-0.39, 0.29) is 41.1 Å². The van der Waals surface area contributed by atoms with Crippen molar-refractivity contribution in [3.8, 4) is 17.2 Å². The monoisotopic (exact) mass is 290 g/mol. The van der Waals surface area contributed by atoms with E-state index in [1.165, 1.54) is 12.1 Å². The molecule has 1 aliphatic rings. The molecule has 0 saturated heterocycles. The van der Waals surface area contributed by atoms with E-state index in [9.17, 15) is 14.7 Å². The number of esters is 1. The van der Waals surface area contributed by atoms with Crippen LogP contribution in [0.25, 0.3) is 0 Å². The van der Waals surface area contributed by atoms with E-state index >= 15 is 0 Å². The molecule has 1 atom stereocenters. The summed E-state index contributed by atoms with van der Waals surface area (Å²) in [6.07, 6.45) is 3.68. The standard InChI is InChI=1S/C16H18O5/c1-4-5-6-14(18)21-12-8-13-15(16(19)10(12)3)11(17)7-9(2)20-13/h5-6,8-9,19H,4,7H2,1-3H3/b6-5+. The predicted octanol–water partition coefficient (Wildman–Crippen LogP) is 2.93. The lowest BCUT2D eigenvalue weighted by atomic mass is 9.97. The second kappa shape index (κ2) is 5.99. The summed E-state index contributed by atoms with van der Waals surface area (Å²) in [6.45, 7) is 5.26. The number of rotatable bonds is 3. The van der Waals surface area contributed by atoms with E-state index in [2.05, 4.69) is 0 Å². The maximum Gasteiger partial charge on any atom is 0.335 e. The van der Waals surface area contributed by atoms with Crippen LogP contribution in [0.4, 0.5) is 0 Å². The Morgan fingerprint density at radius 2 is 2.29 bits per heavy atom. The van der Waals surface area contributed by atoms with Crippen LogP contribution in [0.5, 0.6) is 17.2 Å². The maximum atomic E-state index is 12.0. The van der Waals surface area contributed by atoms with E-state index < -0.39 is 5.97 Å². The van der Waals surface area contributed by atoms with Gasteiger partial charge < -0.3 is 14.6 Å². The summed E-state index contributed by atoms with van der Waals surface area (Å²) in [5.74, 6) is -0.447. The molecule has 0 fully saturated rings. The minimum Gasteiger partial charge on any atom is -0.507 e. The van der Waals surface area contributed by atoms with Crippen molar-refractivity contribution in [2.24, 2.45) is 0 Å². The molecule has 112 valence electrons. The molecule has 0 aromatic heterocycles. The van der Waals surface area contributed by atoms with E-state index in [4.69, 9.17) is 9.47 Å². The number of ketones is 1. The number of phenols is 1. The van der Waals surface area contributed by atoms with E-state index in [0.717, 1.165) is 6.42 Å². The lowest BCUT2D eigenvalue weighted by molar-refractivity contribution is -0.129. The van der Waals surface area contributed by atoms with Crippen LogP contribution in [0.1, 0.15) is 42.6 Å². The van der Waals surface area contributed by atoms with Crippen molar-refractivity contribution < 1.29 is 24.2 Å². The van der Waals surface area contributed by atoms with Gasteiger partial charge in [-0.25, -0.2) is 4.79 Å².